The van der Waals surface area contributed by atoms with Crippen molar-refractivity contribution in [2.45, 2.75) is 31.7 Å². The average Bonchev–Trinajstić information content (AvgIpc) is 3.31. The van der Waals surface area contributed by atoms with Crippen LogP contribution in [0.2, 0.25) is 0 Å². The number of aromatic amines is 1. The lowest BCUT2D eigenvalue weighted by atomic mass is 10.1. The molecule has 1 aromatic rings. The Balaban J connectivity index is 1.88. The number of nitrogens with one attached hydrogen (secondary N) is 3. The van der Waals surface area contributed by atoms with E-state index in [4.69, 9.17) is 0 Å². The molecule has 2 aliphatic rings. The number of piperazine rings is 1. The Hall–Kier alpha value is -1.89. The predicted octanol–water partition coefficient (Wildman–Crippen LogP) is -0.438. The van der Waals surface area contributed by atoms with Crippen LogP contribution in [-0.2, 0) is 4.79 Å². The number of carbonyl (C=O) groups is 1. The van der Waals surface area contributed by atoms with Crippen LogP contribution in [0.5, 0.6) is 0 Å². The van der Waals surface area contributed by atoms with Gasteiger partial charge in [-0.2, -0.15) is 0 Å². The zero-order valence-corrected chi connectivity index (χ0v) is 12.2. The molecule has 0 aromatic carbocycles. The summed E-state index contributed by atoms with van der Waals surface area (Å²) in [6.45, 7) is 4.51. The standard InChI is InChI=1S/C14H21N5O2/c1-2-16-14(21)10-8-15-5-6-19(10)11-7-12(20)18-13(17-11)9-3-4-9/h7,9-10,15H,2-6,8H2,1H3,(H,16,21)(H,17,18,20). The topological polar surface area (TPSA) is 90.1 Å². The van der Waals surface area contributed by atoms with Gasteiger partial charge in [-0.05, 0) is 19.8 Å². The second-order valence-corrected chi connectivity index (χ2v) is 5.57. The van der Waals surface area contributed by atoms with Crippen LogP contribution in [0.4, 0.5) is 5.82 Å². The number of amides is 1. The van der Waals surface area contributed by atoms with E-state index in [2.05, 4.69) is 20.6 Å². The summed E-state index contributed by atoms with van der Waals surface area (Å²) in [6.07, 6.45) is 2.15. The molecule has 1 atom stereocenters. The molecular weight excluding hydrogens is 270 g/mol. The minimum atomic E-state index is -0.319. The smallest absolute Gasteiger partial charge is 0.252 e. The van der Waals surface area contributed by atoms with Gasteiger partial charge in [-0.1, -0.05) is 0 Å². The van der Waals surface area contributed by atoms with Gasteiger partial charge in [0, 0.05) is 38.2 Å². The van der Waals surface area contributed by atoms with Gasteiger partial charge in [0.1, 0.15) is 17.7 Å². The fraction of sp³-hybridized carbons (Fsp3) is 0.643. The Bertz CT molecular complexity index is 581. The molecule has 7 nitrogen and oxygen atoms in total. The van der Waals surface area contributed by atoms with Gasteiger partial charge in [0.25, 0.3) is 5.56 Å². The Kier molecular flexibility index (Phi) is 3.92. The average molecular weight is 291 g/mol. The minimum absolute atomic E-state index is 0.0280. The van der Waals surface area contributed by atoms with Crippen molar-refractivity contribution in [3.05, 3.63) is 22.2 Å². The van der Waals surface area contributed by atoms with Crippen LogP contribution >= 0.6 is 0 Å². The Morgan fingerprint density at radius 1 is 1.52 bits per heavy atom. The van der Waals surface area contributed by atoms with Gasteiger partial charge in [-0.15, -0.1) is 0 Å². The highest BCUT2D eigenvalue weighted by atomic mass is 16.2. The largest absolute Gasteiger partial charge is 0.355 e. The normalized spacial score (nSPS) is 22.1. The van der Waals surface area contributed by atoms with Gasteiger partial charge in [0.2, 0.25) is 5.91 Å². The molecule has 3 N–H and O–H groups in total. The van der Waals surface area contributed by atoms with Crippen LogP contribution in [0.1, 0.15) is 31.5 Å². The van der Waals surface area contributed by atoms with Crippen molar-refractivity contribution in [2.75, 3.05) is 31.1 Å². The second-order valence-electron chi connectivity index (χ2n) is 5.57. The maximum absolute atomic E-state index is 12.2. The number of likely N-dealkylation sites (N-methyl/N-ethyl adjacent to an activating group) is 1. The van der Waals surface area contributed by atoms with Crippen molar-refractivity contribution in [1.29, 1.82) is 0 Å². The molecule has 1 amide bonds. The summed E-state index contributed by atoms with van der Waals surface area (Å²) in [5, 5.41) is 6.07. The Morgan fingerprint density at radius 2 is 2.33 bits per heavy atom. The summed E-state index contributed by atoms with van der Waals surface area (Å²) in [6, 6.07) is 1.17. The summed E-state index contributed by atoms with van der Waals surface area (Å²) < 4.78 is 0. The van der Waals surface area contributed by atoms with E-state index in [1.54, 1.807) is 0 Å². The summed E-state index contributed by atoms with van der Waals surface area (Å²) in [5.74, 6) is 1.72. The van der Waals surface area contributed by atoms with Gasteiger partial charge in [-0.25, -0.2) is 4.98 Å². The lowest BCUT2D eigenvalue weighted by Crippen LogP contribution is -2.58. The third-order valence-corrected chi connectivity index (χ3v) is 3.90. The summed E-state index contributed by atoms with van der Waals surface area (Å²) >= 11 is 0. The highest BCUT2D eigenvalue weighted by Gasteiger charge is 2.31. The lowest BCUT2D eigenvalue weighted by Gasteiger charge is -2.36. The molecule has 2 fully saturated rings. The van der Waals surface area contributed by atoms with Crippen molar-refractivity contribution in [1.82, 2.24) is 20.6 Å². The first-order valence-electron chi connectivity index (χ1n) is 7.55. The second kappa shape index (κ2) is 5.85. The molecule has 3 rings (SSSR count). The number of rotatable bonds is 4. The predicted molar refractivity (Wildman–Crippen MR) is 79.5 cm³/mol. The molecule has 7 heteroatoms. The summed E-state index contributed by atoms with van der Waals surface area (Å²) in [5.41, 5.74) is -0.143. The SMILES string of the molecule is CCNC(=O)C1CNCCN1c1cc(=O)[nH]c(C2CC2)n1. The molecule has 0 spiro atoms. The van der Waals surface area contributed by atoms with E-state index in [0.29, 0.717) is 31.4 Å². The van der Waals surface area contributed by atoms with Crippen molar-refractivity contribution < 1.29 is 4.79 Å². The summed E-state index contributed by atoms with van der Waals surface area (Å²) in [4.78, 5) is 33.4. The number of carbonyl (C=O) groups excluding carboxylic acids is 1. The van der Waals surface area contributed by atoms with Gasteiger partial charge < -0.3 is 20.5 Å². The number of H-pyrrole nitrogens is 1. The van der Waals surface area contributed by atoms with Gasteiger partial charge >= 0.3 is 0 Å². The van der Waals surface area contributed by atoms with Crippen LogP contribution in [0.25, 0.3) is 0 Å². The highest BCUT2D eigenvalue weighted by molar-refractivity contribution is 5.85. The van der Waals surface area contributed by atoms with E-state index in [9.17, 15) is 9.59 Å². The van der Waals surface area contributed by atoms with Gasteiger partial charge in [0.05, 0.1) is 0 Å². The van der Waals surface area contributed by atoms with Gasteiger partial charge in [0.15, 0.2) is 0 Å². The maximum Gasteiger partial charge on any atom is 0.252 e. The van der Waals surface area contributed by atoms with Crippen LogP contribution < -0.4 is 21.1 Å². The number of hydrogen-bond acceptors (Lipinski definition) is 5. The third kappa shape index (κ3) is 3.07. The molecule has 114 valence electrons. The monoisotopic (exact) mass is 291 g/mol. The molecule has 0 radical (unpaired) electrons. The molecule has 1 aromatic heterocycles. The maximum atomic E-state index is 12.2. The number of anilines is 1. The first-order valence-corrected chi connectivity index (χ1v) is 7.55. The Morgan fingerprint density at radius 3 is 3.05 bits per heavy atom. The molecule has 0 bridgehead atoms. The molecular formula is C14H21N5O2. The van der Waals surface area contributed by atoms with E-state index < -0.39 is 0 Å². The first-order chi connectivity index (χ1) is 10.2. The number of nitrogens with zero attached hydrogens (tertiary/aromatic N) is 2. The van der Waals surface area contributed by atoms with Crippen molar-refractivity contribution in [3.8, 4) is 0 Å². The van der Waals surface area contributed by atoms with Crippen LogP contribution in [0.15, 0.2) is 10.9 Å². The van der Waals surface area contributed by atoms with E-state index >= 15 is 0 Å². The lowest BCUT2D eigenvalue weighted by molar-refractivity contribution is -0.122. The quantitative estimate of drug-likeness (QED) is 0.700. The van der Waals surface area contributed by atoms with E-state index in [1.165, 1.54) is 6.07 Å². The molecule has 1 aliphatic heterocycles. The molecule has 1 aliphatic carbocycles. The van der Waals surface area contributed by atoms with E-state index in [-0.39, 0.29) is 17.5 Å². The van der Waals surface area contributed by atoms with Gasteiger partial charge in [-0.3, -0.25) is 9.59 Å². The number of aromatic nitrogens is 2. The zero-order valence-electron chi connectivity index (χ0n) is 12.2. The molecule has 21 heavy (non-hydrogen) atoms. The number of hydrogen-bond donors (Lipinski definition) is 3. The van der Waals surface area contributed by atoms with Crippen LogP contribution in [0, 0.1) is 0 Å². The zero-order chi connectivity index (χ0) is 14.8. The van der Waals surface area contributed by atoms with Crippen molar-refractivity contribution in [2.24, 2.45) is 0 Å². The molecule has 1 unspecified atom stereocenters. The molecule has 2 heterocycles. The first kappa shape index (κ1) is 14.1. The van der Waals surface area contributed by atoms with Crippen molar-refractivity contribution in [3.63, 3.8) is 0 Å². The fourth-order valence-electron chi connectivity index (χ4n) is 2.67. The van der Waals surface area contributed by atoms with Crippen molar-refractivity contribution >= 4 is 11.7 Å². The molecule has 1 saturated heterocycles. The van der Waals surface area contributed by atoms with Crippen LogP contribution in [-0.4, -0.2) is 48.1 Å². The molecule has 1 saturated carbocycles. The van der Waals surface area contributed by atoms with Crippen LogP contribution in [0.3, 0.4) is 0 Å². The third-order valence-electron chi connectivity index (χ3n) is 3.90. The fourth-order valence-corrected chi connectivity index (χ4v) is 2.67. The summed E-state index contributed by atoms with van der Waals surface area (Å²) in [7, 11) is 0. The minimum Gasteiger partial charge on any atom is -0.355 e. The van der Waals surface area contributed by atoms with E-state index in [0.717, 1.165) is 25.2 Å². The highest BCUT2D eigenvalue weighted by Crippen LogP contribution is 2.38. The van der Waals surface area contributed by atoms with E-state index in [1.807, 2.05) is 11.8 Å². The Labute approximate surface area is 123 Å².